The maximum absolute atomic E-state index is 12.6. The van der Waals surface area contributed by atoms with Gasteiger partial charge in [-0.15, -0.1) is 0 Å². The van der Waals surface area contributed by atoms with Crippen LogP contribution in [0.4, 0.5) is 0 Å². The third kappa shape index (κ3) is 3.75. The number of aromatic carboxylic acids is 1. The first-order valence-corrected chi connectivity index (χ1v) is 8.50. The lowest BCUT2D eigenvalue weighted by atomic mass is 10.1. The van der Waals surface area contributed by atoms with E-state index in [1.165, 1.54) is 0 Å². The molecule has 1 N–H and O–H groups in total. The van der Waals surface area contributed by atoms with E-state index in [-0.39, 0.29) is 11.5 Å². The molecule has 25 heavy (non-hydrogen) atoms. The predicted octanol–water partition coefficient (Wildman–Crippen LogP) is 3.90. The average Bonchev–Trinajstić information content (AvgIpc) is 3.24. The van der Waals surface area contributed by atoms with Gasteiger partial charge in [0.1, 0.15) is 0 Å². The van der Waals surface area contributed by atoms with E-state index in [0.29, 0.717) is 23.4 Å². The quantitative estimate of drug-likeness (QED) is 0.683. The Kier molecular flexibility index (Phi) is 4.90. The highest BCUT2D eigenvalue weighted by atomic mass is 32.1. The largest absolute Gasteiger partial charge is 0.476 e. The van der Waals surface area contributed by atoms with Crippen molar-refractivity contribution in [3.63, 3.8) is 0 Å². The first-order valence-electron chi connectivity index (χ1n) is 7.67. The van der Waals surface area contributed by atoms with Crippen LogP contribution in [-0.4, -0.2) is 25.8 Å². The topological polar surface area (TPSA) is 72.2 Å². The summed E-state index contributed by atoms with van der Waals surface area (Å²) in [6.07, 6.45) is 5.37. The van der Waals surface area contributed by atoms with Crippen LogP contribution in [0.25, 0.3) is 6.08 Å². The van der Waals surface area contributed by atoms with Crippen LogP contribution >= 0.6 is 11.5 Å². The van der Waals surface area contributed by atoms with E-state index >= 15 is 0 Å². The third-order valence-electron chi connectivity index (χ3n) is 3.78. The number of carboxylic acids is 1. The van der Waals surface area contributed by atoms with Crippen molar-refractivity contribution in [3.8, 4) is 0 Å². The molecule has 6 heteroatoms. The highest BCUT2D eigenvalue weighted by molar-refractivity contribution is 7.04. The van der Waals surface area contributed by atoms with Gasteiger partial charge in [-0.1, -0.05) is 42.0 Å². The van der Waals surface area contributed by atoms with E-state index in [1.807, 2.05) is 54.1 Å². The van der Waals surface area contributed by atoms with Crippen molar-refractivity contribution in [2.45, 2.75) is 13.5 Å². The zero-order valence-corrected chi connectivity index (χ0v) is 14.4. The van der Waals surface area contributed by atoms with Gasteiger partial charge in [-0.25, -0.2) is 4.79 Å². The summed E-state index contributed by atoms with van der Waals surface area (Å²) in [5.74, 6) is -1.08. The van der Waals surface area contributed by atoms with Crippen molar-refractivity contribution >= 4 is 29.4 Å². The number of allylic oxidation sites excluding steroid dienone is 1. The van der Waals surface area contributed by atoms with E-state index in [0.717, 1.165) is 17.1 Å². The molecule has 0 radical (unpaired) electrons. The van der Waals surface area contributed by atoms with Crippen molar-refractivity contribution in [2.75, 3.05) is 0 Å². The molecule has 3 aromatic rings. The van der Waals surface area contributed by atoms with Gasteiger partial charge >= 0.3 is 5.97 Å². The number of ketones is 1. The zero-order chi connectivity index (χ0) is 17.8. The molecule has 0 amide bonds. The van der Waals surface area contributed by atoms with Crippen molar-refractivity contribution in [1.82, 2.24) is 8.94 Å². The Labute approximate surface area is 149 Å². The number of carboxylic acid groups (broad SMARTS) is 1. The zero-order valence-electron chi connectivity index (χ0n) is 13.5. The summed E-state index contributed by atoms with van der Waals surface area (Å²) in [4.78, 5) is 23.7. The summed E-state index contributed by atoms with van der Waals surface area (Å²) in [5.41, 5.74) is 2.95. The standard InChI is InChI=1S/C19H16N2O3S/c1-13-6-8-14(9-7-13)18(22)16-5-3-11-21(16)10-2-4-15-12-25-20-17(15)19(23)24/h2-9,11-12H,10H2,1H3,(H,23,24)/b4-2+. The highest BCUT2D eigenvalue weighted by Gasteiger charge is 2.13. The van der Waals surface area contributed by atoms with Gasteiger partial charge in [0.25, 0.3) is 0 Å². The van der Waals surface area contributed by atoms with Gasteiger partial charge in [-0.05, 0) is 30.6 Å². The van der Waals surface area contributed by atoms with E-state index in [9.17, 15) is 9.59 Å². The predicted molar refractivity (Wildman–Crippen MR) is 97.2 cm³/mol. The number of aryl methyl sites for hydroxylation is 1. The normalized spacial score (nSPS) is 11.1. The number of carbonyl (C=O) groups excluding carboxylic acids is 1. The first-order chi connectivity index (χ1) is 12.1. The van der Waals surface area contributed by atoms with E-state index in [4.69, 9.17) is 5.11 Å². The number of nitrogens with zero attached hydrogens (tertiary/aromatic N) is 2. The van der Waals surface area contributed by atoms with Crippen molar-refractivity contribution in [1.29, 1.82) is 0 Å². The van der Waals surface area contributed by atoms with Crippen LogP contribution in [-0.2, 0) is 6.54 Å². The number of benzene rings is 1. The molecule has 0 atom stereocenters. The summed E-state index contributed by atoms with van der Waals surface area (Å²) in [6.45, 7) is 2.45. The molecular weight excluding hydrogens is 336 g/mol. The van der Waals surface area contributed by atoms with E-state index in [1.54, 1.807) is 17.5 Å². The Bertz CT molecular complexity index is 936. The molecule has 0 fully saturated rings. The monoisotopic (exact) mass is 352 g/mol. The minimum Gasteiger partial charge on any atom is -0.476 e. The van der Waals surface area contributed by atoms with Crippen molar-refractivity contribution < 1.29 is 14.7 Å². The Morgan fingerprint density at radius 3 is 2.72 bits per heavy atom. The minimum absolute atomic E-state index is 0.0400. The summed E-state index contributed by atoms with van der Waals surface area (Å²) in [5, 5.41) is 10.7. The van der Waals surface area contributed by atoms with Crippen molar-refractivity contribution in [3.05, 3.63) is 82.1 Å². The maximum Gasteiger partial charge on any atom is 0.356 e. The lowest BCUT2D eigenvalue weighted by Gasteiger charge is -2.06. The van der Waals surface area contributed by atoms with Crippen LogP contribution in [0.2, 0.25) is 0 Å². The molecule has 0 spiro atoms. The van der Waals surface area contributed by atoms with Crippen LogP contribution in [0.3, 0.4) is 0 Å². The van der Waals surface area contributed by atoms with Gasteiger partial charge in [0.15, 0.2) is 5.69 Å². The molecule has 2 heterocycles. The van der Waals surface area contributed by atoms with E-state index in [2.05, 4.69) is 4.37 Å². The Hall–Kier alpha value is -2.99. The lowest BCUT2D eigenvalue weighted by molar-refractivity contribution is 0.0691. The molecule has 2 aromatic heterocycles. The molecule has 0 aliphatic rings. The fourth-order valence-corrected chi connectivity index (χ4v) is 3.10. The van der Waals surface area contributed by atoms with Gasteiger partial charge in [0.05, 0.1) is 5.69 Å². The first kappa shape index (κ1) is 16.9. The Morgan fingerprint density at radius 2 is 2.00 bits per heavy atom. The molecule has 0 saturated carbocycles. The van der Waals surface area contributed by atoms with Crippen LogP contribution in [0, 0.1) is 6.92 Å². The van der Waals surface area contributed by atoms with Gasteiger partial charge in [0.2, 0.25) is 5.78 Å². The Balaban J connectivity index is 1.77. The minimum atomic E-state index is -1.04. The van der Waals surface area contributed by atoms with Crippen LogP contribution in [0.5, 0.6) is 0 Å². The SMILES string of the molecule is Cc1ccc(C(=O)c2cccn2C/C=C/c2csnc2C(=O)O)cc1. The molecule has 0 unspecified atom stereocenters. The summed E-state index contributed by atoms with van der Waals surface area (Å²) < 4.78 is 5.69. The maximum atomic E-state index is 12.6. The van der Waals surface area contributed by atoms with Crippen LogP contribution in [0.15, 0.2) is 54.1 Å². The number of carbonyl (C=O) groups is 2. The molecule has 0 saturated heterocycles. The second-order valence-corrected chi connectivity index (χ2v) is 6.20. The lowest BCUT2D eigenvalue weighted by Crippen LogP contribution is -2.09. The van der Waals surface area contributed by atoms with Crippen molar-refractivity contribution in [2.24, 2.45) is 0 Å². The van der Waals surface area contributed by atoms with Crippen LogP contribution in [0.1, 0.15) is 37.7 Å². The second-order valence-electron chi connectivity index (χ2n) is 5.57. The fourth-order valence-electron chi connectivity index (χ4n) is 2.45. The molecule has 0 aliphatic heterocycles. The third-order valence-corrected chi connectivity index (χ3v) is 4.42. The smallest absolute Gasteiger partial charge is 0.356 e. The van der Waals surface area contributed by atoms with Gasteiger partial charge in [0, 0.05) is 29.2 Å². The number of hydrogen-bond acceptors (Lipinski definition) is 4. The summed E-state index contributed by atoms with van der Waals surface area (Å²) in [7, 11) is 0. The summed E-state index contributed by atoms with van der Waals surface area (Å²) in [6, 6.07) is 11.1. The van der Waals surface area contributed by atoms with Gasteiger partial charge in [-0.2, -0.15) is 4.37 Å². The molecule has 0 aliphatic carbocycles. The molecule has 3 rings (SSSR count). The molecular formula is C19H16N2O3S. The molecule has 1 aromatic carbocycles. The van der Waals surface area contributed by atoms with Crippen LogP contribution < -0.4 is 0 Å². The molecule has 0 bridgehead atoms. The average molecular weight is 352 g/mol. The molecule has 5 nitrogen and oxygen atoms in total. The second kappa shape index (κ2) is 7.27. The number of hydrogen-bond donors (Lipinski definition) is 1. The van der Waals surface area contributed by atoms with Gasteiger partial charge in [-0.3, -0.25) is 4.79 Å². The van der Waals surface area contributed by atoms with Gasteiger partial charge < -0.3 is 9.67 Å². The number of aromatic nitrogens is 2. The van der Waals surface area contributed by atoms with E-state index < -0.39 is 5.97 Å². The highest BCUT2D eigenvalue weighted by Crippen LogP contribution is 2.15. The fraction of sp³-hybridized carbons (Fsp3) is 0.105. The number of rotatable bonds is 6. The Morgan fingerprint density at radius 1 is 1.24 bits per heavy atom. The molecule has 126 valence electrons. The summed E-state index contributed by atoms with van der Waals surface area (Å²) >= 11 is 1.11.